The zero-order valence-corrected chi connectivity index (χ0v) is 26.8. The van der Waals surface area contributed by atoms with Gasteiger partial charge in [0.2, 0.25) is 0 Å². The van der Waals surface area contributed by atoms with Crippen molar-refractivity contribution < 1.29 is 24.5 Å². The van der Waals surface area contributed by atoms with E-state index in [2.05, 4.69) is 0 Å². The number of hydrogen-bond donors (Lipinski definition) is 4. The number of carboxylic acid groups (broad SMARTS) is 1. The zero-order valence-electron chi connectivity index (χ0n) is 25.3. The summed E-state index contributed by atoms with van der Waals surface area (Å²) in [5.41, 5.74) is 4.90. The lowest BCUT2D eigenvalue weighted by atomic mass is 9.93. The first-order valence-corrected chi connectivity index (χ1v) is 14.5. The Morgan fingerprint density at radius 2 is 1.65 bits per heavy atom. The number of allylic oxidation sites excluding steroid dienone is 2. The fourth-order valence-corrected chi connectivity index (χ4v) is 5.55. The van der Waals surface area contributed by atoms with E-state index in [9.17, 15) is 9.90 Å². The van der Waals surface area contributed by atoms with Crippen molar-refractivity contribution in [2.75, 3.05) is 14.2 Å². The van der Waals surface area contributed by atoms with Crippen molar-refractivity contribution >= 4 is 56.1 Å². The van der Waals surface area contributed by atoms with Gasteiger partial charge in [0, 0.05) is 27.4 Å². The summed E-state index contributed by atoms with van der Waals surface area (Å²) in [5.74, 6) is 0.141. The highest BCUT2D eigenvalue weighted by atomic mass is 35.5. The first-order chi connectivity index (χ1) is 20.1. The molecule has 0 radical (unpaired) electrons. The van der Waals surface area contributed by atoms with E-state index in [1.165, 1.54) is 18.4 Å². The molecular formula is C33H36ClN3O5S. The predicted molar refractivity (Wildman–Crippen MR) is 176 cm³/mol. The molecule has 0 bridgehead atoms. The van der Waals surface area contributed by atoms with Gasteiger partial charge in [-0.05, 0) is 93.8 Å². The maximum absolute atomic E-state index is 11.7. The number of halogens is 1. The van der Waals surface area contributed by atoms with Gasteiger partial charge in [0.25, 0.3) is 0 Å². The first-order valence-electron chi connectivity index (χ1n) is 13.3. The standard InChI is InChI=1S/C29H26ClN3O4S.C4H10O/c1-15-11-23-28(27(20(15)14-26(34)35)17-5-8-19(30)9-6-17)38-29(33-23)21(16(2)31)13-22(32)18-7-10-24(36-3)25(12-18)37-4;1-4(2,3)5/h5-13,31-32H,14H2,1-4H3,(H,34,35);5H,1-3H3/b21-13+,31-16?,32-22?;. The maximum Gasteiger partial charge on any atom is 0.307 e. The SMILES string of the molecule is CC(C)(C)O.COc1ccc(C(=N)/C=C(\C(C)=N)c2nc3cc(C)c(CC(=O)O)c(-c4ccc(Cl)cc4)c3s2)cc1OC. The molecule has 0 spiro atoms. The number of ether oxygens (including phenoxy) is 2. The Morgan fingerprint density at radius 1 is 1.05 bits per heavy atom. The molecule has 0 saturated carbocycles. The number of rotatable bonds is 9. The molecule has 10 heteroatoms. The number of nitrogens with zero attached hydrogens (tertiary/aromatic N) is 1. The van der Waals surface area contributed by atoms with Crippen molar-refractivity contribution in [3.05, 3.63) is 81.3 Å². The number of aliphatic hydroxyl groups is 1. The average molecular weight is 622 g/mol. The largest absolute Gasteiger partial charge is 0.493 e. The van der Waals surface area contributed by atoms with Gasteiger partial charge in [0.1, 0.15) is 5.01 Å². The van der Waals surface area contributed by atoms with E-state index in [0.29, 0.717) is 43.7 Å². The van der Waals surface area contributed by atoms with Gasteiger partial charge in [0.05, 0.1) is 42.2 Å². The minimum atomic E-state index is -0.924. The number of methoxy groups -OCH3 is 2. The minimum Gasteiger partial charge on any atom is -0.493 e. The number of thiazole rings is 1. The van der Waals surface area contributed by atoms with Crippen LogP contribution in [0.5, 0.6) is 11.5 Å². The summed E-state index contributed by atoms with van der Waals surface area (Å²) >= 11 is 7.49. The normalized spacial score (nSPS) is 11.5. The van der Waals surface area contributed by atoms with Crippen LogP contribution in [0.25, 0.3) is 26.9 Å². The quantitative estimate of drug-likeness (QED) is 0.141. The van der Waals surface area contributed by atoms with Crippen molar-refractivity contribution in [3.8, 4) is 22.6 Å². The van der Waals surface area contributed by atoms with Crippen molar-refractivity contribution in [1.82, 2.24) is 4.98 Å². The number of aromatic nitrogens is 1. The lowest BCUT2D eigenvalue weighted by Crippen LogP contribution is -2.10. The van der Waals surface area contributed by atoms with Crippen LogP contribution in [0.1, 0.15) is 49.4 Å². The Kier molecular flexibility index (Phi) is 10.9. The third-order valence-corrected chi connectivity index (χ3v) is 7.46. The molecule has 4 aromatic rings. The van der Waals surface area contributed by atoms with E-state index in [0.717, 1.165) is 21.4 Å². The lowest BCUT2D eigenvalue weighted by molar-refractivity contribution is -0.136. The van der Waals surface area contributed by atoms with E-state index in [1.807, 2.05) is 25.1 Å². The lowest BCUT2D eigenvalue weighted by Gasteiger charge is -2.13. The van der Waals surface area contributed by atoms with E-state index in [1.54, 1.807) is 71.2 Å². The van der Waals surface area contributed by atoms with Crippen LogP contribution in [0.15, 0.2) is 54.6 Å². The third-order valence-electron chi connectivity index (χ3n) is 6.09. The summed E-state index contributed by atoms with van der Waals surface area (Å²) in [6, 6.07) is 14.4. The molecule has 0 saturated heterocycles. The number of hydrogen-bond acceptors (Lipinski definition) is 8. The predicted octanol–water partition coefficient (Wildman–Crippen LogP) is 7.84. The summed E-state index contributed by atoms with van der Waals surface area (Å²) in [5, 5.41) is 36.4. The van der Waals surface area contributed by atoms with Crippen molar-refractivity contribution in [2.45, 2.75) is 46.6 Å². The first kappa shape index (κ1) is 33.5. The van der Waals surface area contributed by atoms with Gasteiger partial charge in [-0.3, -0.25) is 4.79 Å². The number of benzene rings is 3. The second-order valence-corrected chi connectivity index (χ2v) is 12.3. The molecule has 226 valence electrons. The van der Waals surface area contributed by atoms with Crippen molar-refractivity contribution in [2.24, 2.45) is 0 Å². The molecule has 1 aromatic heterocycles. The molecule has 43 heavy (non-hydrogen) atoms. The van der Waals surface area contributed by atoms with Gasteiger partial charge >= 0.3 is 5.97 Å². The molecule has 0 atom stereocenters. The van der Waals surface area contributed by atoms with Crippen LogP contribution in [-0.4, -0.2) is 52.4 Å². The van der Waals surface area contributed by atoms with E-state index in [4.69, 9.17) is 42.0 Å². The van der Waals surface area contributed by atoms with Gasteiger partial charge in [-0.1, -0.05) is 23.7 Å². The van der Waals surface area contributed by atoms with Crippen LogP contribution in [0, 0.1) is 17.7 Å². The smallest absolute Gasteiger partial charge is 0.307 e. The fraction of sp³-hybridized carbons (Fsp3) is 0.273. The number of aryl methyl sites for hydroxylation is 1. The molecule has 0 aliphatic carbocycles. The topological polar surface area (TPSA) is 137 Å². The van der Waals surface area contributed by atoms with E-state index >= 15 is 0 Å². The summed E-state index contributed by atoms with van der Waals surface area (Å²) < 4.78 is 11.5. The Morgan fingerprint density at radius 3 is 2.19 bits per heavy atom. The van der Waals surface area contributed by atoms with E-state index in [-0.39, 0.29) is 17.8 Å². The van der Waals surface area contributed by atoms with Gasteiger partial charge in [-0.25, -0.2) is 4.98 Å². The monoisotopic (exact) mass is 621 g/mol. The van der Waals surface area contributed by atoms with Crippen LogP contribution in [0.2, 0.25) is 5.02 Å². The fourth-order valence-electron chi connectivity index (χ4n) is 4.21. The van der Waals surface area contributed by atoms with Gasteiger partial charge in [-0.15, -0.1) is 11.3 Å². The summed E-state index contributed by atoms with van der Waals surface area (Å²) in [6.07, 6.45) is 1.48. The minimum absolute atomic E-state index is 0.136. The van der Waals surface area contributed by atoms with Crippen molar-refractivity contribution in [3.63, 3.8) is 0 Å². The second kappa shape index (κ2) is 13.9. The van der Waals surface area contributed by atoms with Crippen LogP contribution < -0.4 is 9.47 Å². The highest BCUT2D eigenvalue weighted by molar-refractivity contribution is 7.20. The highest BCUT2D eigenvalue weighted by Crippen LogP contribution is 2.40. The van der Waals surface area contributed by atoms with Crippen LogP contribution in [0.3, 0.4) is 0 Å². The summed E-state index contributed by atoms with van der Waals surface area (Å²) in [7, 11) is 3.09. The van der Waals surface area contributed by atoms with Gasteiger partial charge < -0.3 is 30.5 Å². The molecule has 0 unspecified atom stereocenters. The number of carboxylic acids is 1. The number of carbonyl (C=O) groups is 1. The molecule has 3 aromatic carbocycles. The highest BCUT2D eigenvalue weighted by Gasteiger charge is 2.21. The number of nitrogens with one attached hydrogen (secondary N) is 2. The molecule has 4 N–H and O–H groups in total. The Balaban J connectivity index is 0.000000934. The Labute approximate surface area is 260 Å². The Hall–Kier alpha value is -4.05. The number of aliphatic carboxylic acids is 1. The molecule has 0 aliphatic heterocycles. The molecule has 0 aliphatic rings. The van der Waals surface area contributed by atoms with Gasteiger partial charge in [0.15, 0.2) is 11.5 Å². The van der Waals surface area contributed by atoms with Crippen LogP contribution in [-0.2, 0) is 11.2 Å². The molecule has 4 rings (SSSR count). The molecular weight excluding hydrogens is 586 g/mol. The average Bonchev–Trinajstić information content (AvgIpc) is 3.33. The van der Waals surface area contributed by atoms with Gasteiger partial charge in [-0.2, -0.15) is 0 Å². The number of fused-ring (bicyclic) bond motifs is 1. The van der Waals surface area contributed by atoms with Crippen molar-refractivity contribution in [1.29, 1.82) is 10.8 Å². The van der Waals surface area contributed by atoms with Crippen LogP contribution in [0.4, 0.5) is 0 Å². The summed E-state index contributed by atoms with van der Waals surface area (Å²) in [4.78, 5) is 16.6. The molecule has 0 amide bonds. The summed E-state index contributed by atoms with van der Waals surface area (Å²) in [6.45, 7) is 8.76. The molecule has 1 heterocycles. The van der Waals surface area contributed by atoms with Crippen LogP contribution >= 0.6 is 22.9 Å². The molecule has 8 nitrogen and oxygen atoms in total. The molecule has 0 fully saturated rings. The van der Waals surface area contributed by atoms with E-state index < -0.39 is 11.6 Å². The zero-order chi connectivity index (χ0) is 32.1. The third kappa shape index (κ3) is 8.73. The maximum atomic E-state index is 11.7. The second-order valence-electron chi connectivity index (χ2n) is 10.8. The Bertz CT molecular complexity index is 1700.